The first-order chi connectivity index (χ1) is 12.3. The van der Waals surface area contributed by atoms with Crippen molar-refractivity contribution in [1.82, 2.24) is 10.6 Å². The van der Waals surface area contributed by atoms with Gasteiger partial charge in [0.1, 0.15) is 0 Å². The topological polar surface area (TPSA) is 54.9 Å². The quantitative estimate of drug-likeness (QED) is 0.401. The second kappa shape index (κ2) is 9.46. The van der Waals surface area contributed by atoms with Crippen molar-refractivity contribution in [3.05, 3.63) is 30.3 Å². The van der Waals surface area contributed by atoms with Gasteiger partial charge in [-0.05, 0) is 37.8 Å². The maximum Gasteiger partial charge on any atom is 0.191 e. The van der Waals surface area contributed by atoms with Gasteiger partial charge in [-0.1, -0.05) is 18.2 Å². The molecule has 1 aliphatic heterocycles. The van der Waals surface area contributed by atoms with E-state index in [0.717, 1.165) is 51.7 Å². The van der Waals surface area contributed by atoms with Crippen LogP contribution in [-0.2, 0) is 9.47 Å². The fourth-order valence-electron chi connectivity index (χ4n) is 2.83. The van der Waals surface area contributed by atoms with Crippen LogP contribution in [0.4, 0.5) is 0 Å². The highest BCUT2D eigenvalue weighted by molar-refractivity contribution is 8.01. The van der Waals surface area contributed by atoms with E-state index >= 15 is 0 Å². The van der Waals surface area contributed by atoms with Gasteiger partial charge in [-0.25, -0.2) is 0 Å². The minimum Gasteiger partial charge on any atom is -0.379 e. The standard InChI is InChI=1S/C19H29N3O2S/c1-20-18(21-11-5-12-24-16-8-13-23-14-16)22-15-19(9-10-19)25-17-6-3-2-4-7-17/h2-4,6-7,16H,5,8-15H2,1H3,(H2,20,21,22). The van der Waals surface area contributed by atoms with Crippen LogP contribution in [-0.4, -0.2) is 56.8 Å². The predicted octanol–water partition coefficient (Wildman–Crippen LogP) is 2.67. The summed E-state index contributed by atoms with van der Waals surface area (Å²) in [6.07, 6.45) is 4.81. The Labute approximate surface area is 155 Å². The van der Waals surface area contributed by atoms with Crippen LogP contribution in [0.3, 0.4) is 0 Å². The van der Waals surface area contributed by atoms with Gasteiger partial charge >= 0.3 is 0 Å². The molecule has 1 saturated carbocycles. The highest BCUT2D eigenvalue weighted by Gasteiger charge is 2.43. The lowest BCUT2D eigenvalue weighted by atomic mass is 10.3. The van der Waals surface area contributed by atoms with Crippen LogP contribution < -0.4 is 10.6 Å². The van der Waals surface area contributed by atoms with Gasteiger partial charge in [-0.3, -0.25) is 4.99 Å². The van der Waals surface area contributed by atoms with E-state index in [-0.39, 0.29) is 0 Å². The lowest BCUT2D eigenvalue weighted by molar-refractivity contribution is 0.0420. The van der Waals surface area contributed by atoms with E-state index in [1.165, 1.54) is 17.7 Å². The molecule has 0 radical (unpaired) electrons. The normalized spacial score (nSPS) is 22.0. The third kappa shape index (κ3) is 6.20. The molecule has 2 N–H and O–H groups in total. The molecule has 1 heterocycles. The summed E-state index contributed by atoms with van der Waals surface area (Å²) in [5, 5.41) is 6.86. The SMILES string of the molecule is CN=C(NCCCOC1CCOC1)NCC1(Sc2ccccc2)CC1. The Morgan fingerprint density at radius 3 is 2.84 bits per heavy atom. The van der Waals surface area contributed by atoms with Crippen molar-refractivity contribution in [2.75, 3.05) is 40.0 Å². The molecule has 1 saturated heterocycles. The van der Waals surface area contributed by atoms with E-state index in [9.17, 15) is 0 Å². The number of rotatable bonds is 9. The third-order valence-electron chi connectivity index (χ3n) is 4.54. The minimum atomic E-state index is 0.294. The summed E-state index contributed by atoms with van der Waals surface area (Å²) in [6.45, 7) is 4.17. The molecule has 2 fully saturated rings. The zero-order valence-electron chi connectivity index (χ0n) is 15.0. The lowest BCUT2D eigenvalue weighted by Gasteiger charge is -2.18. The van der Waals surface area contributed by atoms with Crippen LogP contribution in [0.5, 0.6) is 0 Å². The van der Waals surface area contributed by atoms with Crippen molar-refractivity contribution in [2.45, 2.75) is 41.4 Å². The second-order valence-corrected chi connectivity index (χ2v) is 8.20. The van der Waals surface area contributed by atoms with Gasteiger partial charge < -0.3 is 20.1 Å². The molecule has 0 amide bonds. The first-order valence-corrected chi connectivity index (χ1v) is 9.99. The molecule has 1 aliphatic carbocycles. The van der Waals surface area contributed by atoms with Gasteiger partial charge in [0, 0.05) is 43.0 Å². The zero-order valence-corrected chi connectivity index (χ0v) is 15.8. The summed E-state index contributed by atoms with van der Waals surface area (Å²) in [7, 11) is 1.83. The molecule has 6 heteroatoms. The van der Waals surface area contributed by atoms with Crippen molar-refractivity contribution in [3.63, 3.8) is 0 Å². The Hall–Kier alpha value is -1.24. The van der Waals surface area contributed by atoms with E-state index < -0.39 is 0 Å². The summed E-state index contributed by atoms with van der Waals surface area (Å²) in [5.41, 5.74) is 0. The molecule has 2 aliphatic rings. The van der Waals surface area contributed by atoms with Gasteiger partial charge in [0.15, 0.2) is 5.96 Å². The van der Waals surface area contributed by atoms with E-state index in [1.54, 1.807) is 0 Å². The average molecular weight is 364 g/mol. The fourth-order valence-corrected chi connectivity index (χ4v) is 4.08. The Bertz CT molecular complexity index is 543. The van der Waals surface area contributed by atoms with Crippen molar-refractivity contribution in [3.8, 4) is 0 Å². The van der Waals surface area contributed by atoms with E-state index in [1.807, 2.05) is 18.8 Å². The van der Waals surface area contributed by atoms with Gasteiger partial charge in [0.2, 0.25) is 0 Å². The van der Waals surface area contributed by atoms with Crippen LogP contribution in [0, 0.1) is 0 Å². The molecule has 1 aromatic rings. The van der Waals surface area contributed by atoms with Crippen molar-refractivity contribution in [1.29, 1.82) is 0 Å². The van der Waals surface area contributed by atoms with Crippen molar-refractivity contribution in [2.24, 2.45) is 4.99 Å². The lowest BCUT2D eigenvalue weighted by Crippen LogP contribution is -2.41. The molecule has 25 heavy (non-hydrogen) atoms. The third-order valence-corrected chi connectivity index (χ3v) is 6.04. The van der Waals surface area contributed by atoms with E-state index in [2.05, 4.69) is 46.0 Å². The first-order valence-electron chi connectivity index (χ1n) is 9.18. The zero-order chi connectivity index (χ0) is 17.4. The fraction of sp³-hybridized carbons (Fsp3) is 0.632. The Kier molecular flexibility index (Phi) is 7.02. The van der Waals surface area contributed by atoms with Crippen LogP contribution in [0.1, 0.15) is 25.7 Å². The molecule has 0 aromatic heterocycles. The van der Waals surface area contributed by atoms with Crippen LogP contribution in [0.25, 0.3) is 0 Å². The Morgan fingerprint density at radius 1 is 1.32 bits per heavy atom. The number of guanidine groups is 1. The number of benzene rings is 1. The average Bonchev–Trinajstić information content (AvgIpc) is 3.19. The smallest absolute Gasteiger partial charge is 0.191 e. The van der Waals surface area contributed by atoms with Gasteiger partial charge in [-0.2, -0.15) is 0 Å². The number of ether oxygens (including phenoxy) is 2. The number of hydrogen-bond donors (Lipinski definition) is 2. The predicted molar refractivity (Wildman–Crippen MR) is 103 cm³/mol. The molecule has 138 valence electrons. The number of thioether (sulfide) groups is 1. The number of aliphatic imine (C=N–C) groups is 1. The molecule has 5 nitrogen and oxygen atoms in total. The molecule has 1 unspecified atom stereocenters. The van der Waals surface area contributed by atoms with E-state index in [4.69, 9.17) is 9.47 Å². The van der Waals surface area contributed by atoms with Crippen molar-refractivity contribution >= 4 is 17.7 Å². The molecular weight excluding hydrogens is 334 g/mol. The highest BCUT2D eigenvalue weighted by Crippen LogP contribution is 2.51. The maximum atomic E-state index is 5.78. The molecule has 3 rings (SSSR count). The van der Waals surface area contributed by atoms with Gasteiger partial charge in [-0.15, -0.1) is 11.8 Å². The Balaban J connectivity index is 1.31. The molecule has 1 aromatic carbocycles. The summed E-state index contributed by atoms with van der Waals surface area (Å²) in [6, 6.07) is 10.6. The van der Waals surface area contributed by atoms with Crippen LogP contribution >= 0.6 is 11.8 Å². The number of nitrogens with zero attached hydrogens (tertiary/aromatic N) is 1. The molecule has 0 bridgehead atoms. The summed E-state index contributed by atoms with van der Waals surface area (Å²) in [5.74, 6) is 0.879. The number of hydrogen-bond acceptors (Lipinski definition) is 4. The van der Waals surface area contributed by atoms with Crippen LogP contribution in [0.15, 0.2) is 40.2 Å². The highest BCUT2D eigenvalue weighted by atomic mass is 32.2. The molecule has 1 atom stereocenters. The summed E-state index contributed by atoms with van der Waals surface area (Å²) in [4.78, 5) is 5.67. The Morgan fingerprint density at radius 2 is 2.16 bits per heavy atom. The van der Waals surface area contributed by atoms with Crippen molar-refractivity contribution < 1.29 is 9.47 Å². The summed E-state index contributed by atoms with van der Waals surface area (Å²) >= 11 is 1.98. The number of nitrogens with one attached hydrogen (secondary N) is 2. The summed E-state index contributed by atoms with van der Waals surface area (Å²) < 4.78 is 11.4. The largest absolute Gasteiger partial charge is 0.379 e. The molecule has 0 spiro atoms. The monoisotopic (exact) mass is 363 g/mol. The van der Waals surface area contributed by atoms with E-state index in [0.29, 0.717) is 10.9 Å². The maximum absolute atomic E-state index is 5.78. The van der Waals surface area contributed by atoms with Gasteiger partial charge in [0.05, 0.1) is 12.7 Å². The molecular formula is C19H29N3O2S. The van der Waals surface area contributed by atoms with Gasteiger partial charge in [0.25, 0.3) is 0 Å². The second-order valence-electron chi connectivity index (χ2n) is 6.66. The first kappa shape index (κ1) is 18.5. The van der Waals surface area contributed by atoms with Crippen LogP contribution in [0.2, 0.25) is 0 Å². The minimum absolute atomic E-state index is 0.294.